The first-order valence-corrected chi connectivity index (χ1v) is 5.33. The molecule has 1 aromatic carbocycles. The Morgan fingerprint density at radius 1 is 1.56 bits per heavy atom. The number of nitrogens with zero attached hydrogens (tertiary/aromatic N) is 2. The highest BCUT2D eigenvalue weighted by Gasteiger charge is 2.15. The Balaban J connectivity index is 2.89. The fraction of sp³-hybridized carbons (Fsp3) is 0.333. The maximum absolute atomic E-state index is 12.0. The Hall–Kier alpha value is -1.53. The standard InChI is InChI=1S/C12H13ClN2O/c1-9-5-3-6-10(11(9)13)12(16)15(2)8-4-7-14/h3,5-6H,4,8H2,1-2H3. The summed E-state index contributed by atoms with van der Waals surface area (Å²) in [4.78, 5) is 13.5. The van der Waals surface area contributed by atoms with E-state index >= 15 is 0 Å². The summed E-state index contributed by atoms with van der Waals surface area (Å²) in [6, 6.07) is 7.35. The van der Waals surface area contributed by atoms with E-state index in [0.29, 0.717) is 23.6 Å². The van der Waals surface area contributed by atoms with Gasteiger partial charge in [-0.3, -0.25) is 4.79 Å². The van der Waals surface area contributed by atoms with Crippen LogP contribution in [-0.4, -0.2) is 24.4 Å². The van der Waals surface area contributed by atoms with E-state index in [1.807, 2.05) is 19.1 Å². The van der Waals surface area contributed by atoms with Crippen molar-refractivity contribution in [3.05, 3.63) is 34.3 Å². The third kappa shape index (κ3) is 2.74. The van der Waals surface area contributed by atoms with Crippen LogP contribution in [-0.2, 0) is 0 Å². The lowest BCUT2D eigenvalue weighted by molar-refractivity contribution is 0.0798. The monoisotopic (exact) mass is 236 g/mol. The Labute approximate surface area is 100 Å². The largest absolute Gasteiger partial charge is 0.341 e. The average molecular weight is 237 g/mol. The Morgan fingerprint density at radius 3 is 2.88 bits per heavy atom. The molecule has 1 rings (SSSR count). The number of halogens is 1. The van der Waals surface area contributed by atoms with Crippen LogP contribution in [0.2, 0.25) is 5.02 Å². The second-order valence-electron chi connectivity index (χ2n) is 3.57. The third-order valence-electron chi connectivity index (χ3n) is 2.33. The molecule has 0 heterocycles. The van der Waals surface area contributed by atoms with Gasteiger partial charge in [0.2, 0.25) is 0 Å². The van der Waals surface area contributed by atoms with Crippen molar-refractivity contribution in [2.45, 2.75) is 13.3 Å². The van der Waals surface area contributed by atoms with Gasteiger partial charge in [0.05, 0.1) is 23.1 Å². The Bertz CT molecular complexity index is 437. The van der Waals surface area contributed by atoms with Gasteiger partial charge in [-0.1, -0.05) is 23.7 Å². The fourth-order valence-corrected chi connectivity index (χ4v) is 1.54. The van der Waals surface area contributed by atoms with Gasteiger partial charge in [0.15, 0.2) is 0 Å². The van der Waals surface area contributed by atoms with Crippen molar-refractivity contribution in [1.29, 1.82) is 5.26 Å². The van der Waals surface area contributed by atoms with Crippen LogP contribution in [0.1, 0.15) is 22.3 Å². The second-order valence-corrected chi connectivity index (χ2v) is 3.95. The summed E-state index contributed by atoms with van der Waals surface area (Å²) in [6.45, 7) is 2.27. The van der Waals surface area contributed by atoms with E-state index in [9.17, 15) is 4.79 Å². The van der Waals surface area contributed by atoms with Gasteiger partial charge >= 0.3 is 0 Å². The zero-order valence-corrected chi connectivity index (χ0v) is 10.1. The van der Waals surface area contributed by atoms with Crippen molar-refractivity contribution in [2.75, 3.05) is 13.6 Å². The van der Waals surface area contributed by atoms with Crippen molar-refractivity contribution < 1.29 is 4.79 Å². The lowest BCUT2D eigenvalue weighted by atomic mass is 10.1. The minimum Gasteiger partial charge on any atom is -0.341 e. The summed E-state index contributed by atoms with van der Waals surface area (Å²) >= 11 is 6.05. The van der Waals surface area contributed by atoms with Crippen LogP contribution in [0.3, 0.4) is 0 Å². The zero-order chi connectivity index (χ0) is 12.1. The highest BCUT2D eigenvalue weighted by Crippen LogP contribution is 2.21. The van der Waals surface area contributed by atoms with E-state index in [4.69, 9.17) is 16.9 Å². The highest BCUT2D eigenvalue weighted by molar-refractivity contribution is 6.34. The topological polar surface area (TPSA) is 44.1 Å². The van der Waals surface area contributed by atoms with Crippen LogP contribution in [0.4, 0.5) is 0 Å². The molecule has 16 heavy (non-hydrogen) atoms. The first-order chi connectivity index (χ1) is 7.57. The molecule has 0 saturated carbocycles. The van der Waals surface area contributed by atoms with Crippen molar-refractivity contribution in [1.82, 2.24) is 4.90 Å². The molecule has 84 valence electrons. The van der Waals surface area contributed by atoms with E-state index in [1.165, 1.54) is 4.90 Å². The number of carbonyl (C=O) groups excluding carboxylic acids is 1. The number of hydrogen-bond acceptors (Lipinski definition) is 2. The van der Waals surface area contributed by atoms with Gasteiger partial charge in [-0.2, -0.15) is 5.26 Å². The minimum absolute atomic E-state index is 0.149. The quantitative estimate of drug-likeness (QED) is 0.810. The molecule has 0 radical (unpaired) electrons. The lowest BCUT2D eigenvalue weighted by Gasteiger charge is -2.16. The SMILES string of the molecule is Cc1cccc(C(=O)N(C)CCC#N)c1Cl. The molecule has 3 nitrogen and oxygen atoms in total. The Kier molecular flexibility index (Phi) is 4.33. The molecule has 0 aliphatic heterocycles. The fourth-order valence-electron chi connectivity index (χ4n) is 1.34. The number of aryl methyl sites for hydroxylation is 1. The van der Waals surface area contributed by atoms with Gasteiger partial charge in [0.1, 0.15) is 0 Å². The van der Waals surface area contributed by atoms with E-state index in [1.54, 1.807) is 19.2 Å². The van der Waals surface area contributed by atoms with Gasteiger partial charge in [-0.15, -0.1) is 0 Å². The van der Waals surface area contributed by atoms with Crippen LogP contribution in [0.5, 0.6) is 0 Å². The molecule has 0 N–H and O–H groups in total. The van der Waals surface area contributed by atoms with Gasteiger partial charge < -0.3 is 4.90 Å². The molecule has 0 spiro atoms. The molecule has 0 aliphatic rings. The predicted molar refractivity (Wildman–Crippen MR) is 63.4 cm³/mol. The predicted octanol–water partition coefficient (Wildman–Crippen LogP) is 2.63. The van der Waals surface area contributed by atoms with E-state index in [0.717, 1.165) is 5.56 Å². The molecule has 0 saturated heterocycles. The van der Waals surface area contributed by atoms with Gasteiger partial charge in [0.25, 0.3) is 5.91 Å². The summed E-state index contributed by atoms with van der Waals surface area (Å²) < 4.78 is 0. The normalized spacial score (nSPS) is 9.62. The maximum atomic E-state index is 12.0. The van der Waals surface area contributed by atoms with Crippen LogP contribution >= 0.6 is 11.6 Å². The average Bonchev–Trinajstić information content (AvgIpc) is 2.28. The van der Waals surface area contributed by atoms with Crippen molar-refractivity contribution in [3.63, 3.8) is 0 Å². The van der Waals surface area contributed by atoms with E-state index in [2.05, 4.69) is 0 Å². The number of nitriles is 1. The van der Waals surface area contributed by atoms with E-state index < -0.39 is 0 Å². The van der Waals surface area contributed by atoms with Crippen LogP contribution in [0.15, 0.2) is 18.2 Å². The first-order valence-electron chi connectivity index (χ1n) is 4.95. The summed E-state index contributed by atoms with van der Waals surface area (Å²) in [5.41, 5.74) is 1.36. The lowest BCUT2D eigenvalue weighted by Crippen LogP contribution is -2.27. The number of rotatable bonds is 3. The minimum atomic E-state index is -0.149. The molecule has 0 aliphatic carbocycles. The third-order valence-corrected chi connectivity index (χ3v) is 2.83. The highest BCUT2D eigenvalue weighted by atomic mass is 35.5. The smallest absolute Gasteiger partial charge is 0.255 e. The van der Waals surface area contributed by atoms with Crippen LogP contribution in [0, 0.1) is 18.3 Å². The number of amides is 1. The van der Waals surface area contributed by atoms with Crippen molar-refractivity contribution in [2.24, 2.45) is 0 Å². The van der Waals surface area contributed by atoms with Crippen LogP contribution < -0.4 is 0 Å². The molecule has 0 unspecified atom stereocenters. The Morgan fingerprint density at radius 2 is 2.25 bits per heavy atom. The molecule has 1 amide bonds. The second kappa shape index (κ2) is 5.53. The summed E-state index contributed by atoms with van der Waals surface area (Å²) in [5, 5.41) is 8.93. The molecule has 0 fully saturated rings. The van der Waals surface area contributed by atoms with Gasteiger partial charge in [0, 0.05) is 13.6 Å². The van der Waals surface area contributed by atoms with Gasteiger partial charge in [-0.05, 0) is 18.6 Å². The number of benzene rings is 1. The summed E-state index contributed by atoms with van der Waals surface area (Å²) in [6.07, 6.45) is 0.325. The molecule has 1 aromatic rings. The van der Waals surface area contributed by atoms with E-state index in [-0.39, 0.29) is 5.91 Å². The zero-order valence-electron chi connectivity index (χ0n) is 9.33. The first kappa shape index (κ1) is 12.5. The summed E-state index contributed by atoms with van der Waals surface area (Å²) in [5.74, 6) is -0.149. The summed E-state index contributed by atoms with van der Waals surface area (Å²) in [7, 11) is 1.67. The molecule has 0 aromatic heterocycles. The molecule has 0 atom stereocenters. The molecular formula is C12H13ClN2O. The number of hydrogen-bond donors (Lipinski definition) is 0. The van der Waals surface area contributed by atoms with Gasteiger partial charge in [-0.25, -0.2) is 0 Å². The molecular weight excluding hydrogens is 224 g/mol. The number of carbonyl (C=O) groups is 1. The maximum Gasteiger partial charge on any atom is 0.255 e. The molecule has 4 heteroatoms. The van der Waals surface area contributed by atoms with Crippen molar-refractivity contribution in [3.8, 4) is 6.07 Å². The van der Waals surface area contributed by atoms with Crippen molar-refractivity contribution >= 4 is 17.5 Å². The van der Waals surface area contributed by atoms with Crippen LogP contribution in [0.25, 0.3) is 0 Å². The molecule has 0 bridgehead atoms.